The van der Waals surface area contributed by atoms with Gasteiger partial charge in [-0.15, -0.1) is 0 Å². The van der Waals surface area contributed by atoms with Crippen LogP contribution in [0.5, 0.6) is 0 Å². The SMILES string of the molecule is c1cc(-c2ccc3ccccc3c2)cc(-n2c3ccccc3c3cc(-c4ccc5c(c4)c4ccccc4n5-c4ccc5ccccc5c4)ccc32)c1.c1ccc2cc(-c3ccc(-n4c5ccccc5c5c6c7ccccc7n(-c7ccc8ccccc8c7)c6ccc54)cc3)ccc2c1. The lowest BCUT2D eigenvalue weighted by atomic mass is 10.0. The van der Waals surface area contributed by atoms with Gasteiger partial charge >= 0.3 is 0 Å². The molecule has 0 atom stereocenters. The lowest BCUT2D eigenvalue weighted by Crippen LogP contribution is -1.95. The molecule has 0 spiro atoms. The van der Waals surface area contributed by atoms with Crippen molar-refractivity contribution in [3.8, 4) is 56.1 Å². The average Bonchev–Trinajstić information content (AvgIpc) is 1.54. The van der Waals surface area contributed by atoms with Crippen molar-refractivity contribution in [3.63, 3.8) is 0 Å². The molecule has 0 aliphatic carbocycles. The summed E-state index contributed by atoms with van der Waals surface area (Å²) in [6, 6.07) is 133. The summed E-state index contributed by atoms with van der Waals surface area (Å²) in [6.45, 7) is 0. The van der Waals surface area contributed by atoms with Gasteiger partial charge in [-0.2, -0.15) is 0 Å². The normalized spacial score (nSPS) is 11.9. The van der Waals surface area contributed by atoms with Crippen LogP contribution in [-0.2, 0) is 0 Å². The largest absolute Gasteiger partial charge is 0.309 e. The van der Waals surface area contributed by atoms with Crippen LogP contribution in [-0.4, -0.2) is 18.3 Å². The van der Waals surface area contributed by atoms with E-state index in [0.717, 1.165) is 11.4 Å². The first-order valence-corrected chi connectivity index (χ1v) is 33.8. The van der Waals surface area contributed by atoms with Gasteiger partial charge in [-0.1, -0.05) is 243 Å². The van der Waals surface area contributed by atoms with Crippen LogP contribution in [0.1, 0.15) is 0 Å². The maximum Gasteiger partial charge on any atom is 0.0548 e. The van der Waals surface area contributed by atoms with Gasteiger partial charge in [0.1, 0.15) is 0 Å². The van der Waals surface area contributed by atoms with Crippen molar-refractivity contribution in [2.24, 2.45) is 0 Å². The standard InChI is InChI=1S/C50H32N2.C44H28N2/c1-3-12-35-28-38(21-20-33(35)10-1)37-14-9-15-41(30-37)51-47-18-7-5-16-43(47)45-31-39(23-26-49(45)51)40-24-27-50-46(32-40)44-17-6-8-19-48(44)52(50)42-25-22-34-11-2-4-13-36(34)29-42;1-3-11-32-27-34(18-17-29(32)9-1)31-19-22-35(23-20-31)45-39-15-7-5-13-37(39)43-41(45)25-26-42-44(43)38-14-6-8-16-40(38)46(42)36-24-21-30-10-2-4-12-33(30)28-36/h1-32H;1-28H. The highest BCUT2D eigenvalue weighted by atomic mass is 15.0. The van der Waals surface area contributed by atoms with E-state index in [0.29, 0.717) is 0 Å². The molecule has 0 aliphatic heterocycles. The monoisotopic (exact) mass is 1240 g/mol. The Balaban J connectivity index is 0.000000134. The van der Waals surface area contributed by atoms with E-state index < -0.39 is 0 Å². The number of hydrogen-bond donors (Lipinski definition) is 0. The molecule has 0 unspecified atom stereocenters. The fourth-order valence-electron chi connectivity index (χ4n) is 15.9. The average molecular weight is 1250 g/mol. The highest BCUT2D eigenvalue weighted by Crippen LogP contribution is 2.44. The van der Waals surface area contributed by atoms with E-state index in [4.69, 9.17) is 0 Å². The van der Waals surface area contributed by atoms with Gasteiger partial charge in [-0.3, -0.25) is 0 Å². The number of aromatic nitrogens is 4. The second-order valence-corrected chi connectivity index (χ2v) is 26.0. The molecule has 0 N–H and O–H groups in total. The molecule has 21 rings (SSSR count). The molecule has 0 aliphatic rings. The van der Waals surface area contributed by atoms with Crippen molar-refractivity contribution >= 4 is 130 Å². The highest BCUT2D eigenvalue weighted by molar-refractivity contribution is 6.29. The first-order chi connectivity index (χ1) is 48.6. The van der Waals surface area contributed by atoms with Crippen LogP contribution in [0.15, 0.2) is 364 Å². The second-order valence-electron chi connectivity index (χ2n) is 26.0. The molecule has 0 amide bonds. The quantitative estimate of drug-likeness (QED) is 0.152. The van der Waals surface area contributed by atoms with Crippen LogP contribution >= 0.6 is 0 Å². The van der Waals surface area contributed by atoms with Crippen molar-refractivity contribution in [1.29, 1.82) is 0 Å². The minimum absolute atomic E-state index is 1.16. The molecule has 4 heterocycles. The third kappa shape index (κ3) is 8.92. The van der Waals surface area contributed by atoms with Gasteiger partial charge in [-0.05, 0) is 198 Å². The van der Waals surface area contributed by atoms with Crippen molar-refractivity contribution in [2.45, 2.75) is 0 Å². The molecule has 4 nitrogen and oxygen atoms in total. The van der Waals surface area contributed by atoms with E-state index in [1.165, 1.54) is 175 Å². The van der Waals surface area contributed by atoms with E-state index in [9.17, 15) is 0 Å². The van der Waals surface area contributed by atoms with Crippen molar-refractivity contribution in [2.75, 3.05) is 0 Å². The van der Waals surface area contributed by atoms with Crippen LogP contribution in [0, 0.1) is 0 Å². The zero-order chi connectivity index (χ0) is 64.4. The molecular formula is C94H60N4. The van der Waals surface area contributed by atoms with Gasteiger partial charge in [0.15, 0.2) is 0 Å². The van der Waals surface area contributed by atoms with E-state index >= 15 is 0 Å². The van der Waals surface area contributed by atoms with Crippen LogP contribution in [0.25, 0.3) is 186 Å². The summed E-state index contributed by atoms with van der Waals surface area (Å²) in [6.07, 6.45) is 0. The van der Waals surface area contributed by atoms with Gasteiger partial charge in [0, 0.05) is 65.8 Å². The maximum atomic E-state index is 2.43. The summed E-state index contributed by atoms with van der Waals surface area (Å²) in [5.74, 6) is 0. The first-order valence-electron chi connectivity index (χ1n) is 33.8. The summed E-state index contributed by atoms with van der Waals surface area (Å²) in [7, 11) is 0. The van der Waals surface area contributed by atoms with Crippen molar-refractivity contribution in [3.05, 3.63) is 364 Å². The minimum atomic E-state index is 1.16. The number of nitrogens with zero attached hydrogens (tertiary/aromatic N) is 4. The van der Waals surface area contributed by atoms with E-state index in [-0.39, 0.29) is 0 Å². The summed E-state index contributed by atoms with van der Waals surface area (Å²) >= 11 is 0. The summed E-state index contributed by atoms with van der Waals surface area (Å²) in [5, 5.41) is 20.2. The fraction of sp³-hybridized carbons (Fsp3) is 0. The molecule has 0 radical (unpaired) electrons. The van der Waals surface area contributed by atoms with Crippen molar-refractivity contribution in [1.82, 2.24) is 18.3 Å². The molecule has 4 aromatic heterocycles. The molecule has 0 bridgehead atoms. The number of fused-ring (bicyclic) bond motifs is 17. The van der Waals surface area contributed by atoms with Gasteiger partial charge in [0.25, 0.3) is 0 Å². The third-order valence-corrected chi connectivity index (χ3v) is 20.5. The summed E-state index contributed by atoms with van der Waals surface area (Å²) in [5.41, 5.74) is 21.7. The highest BCUT2D eigenvalue weighted by Gasteiger charge is 2.22. The molecule has 456 valence electrons. The van der Waals surface area contributed by atoms with Crippen molar-refractivity contribution < 1.29 is 0 Å². The van der Waals surface area contributed by atoms with E-state index in [1.54, 1.807) is 0 Å². The van der Waals surface area contributed by atoms with Crippen LogP contribution in [0.3, 0.4) is 0 Å². The van der Waals surface area contributed by atoms with Gasteiger partial charge < -0.3 is 18.3 Å². The molecule has 0 fully saturated rings. The molecule has 0 saturated carbocycles. The Kier molecular flexibility index (Phi) is 12.6. The number of para-hydroxylation sites is 4. The first kappa shape index (κ1) is 55.4. The Morgan fingerprint density at radius 2 is 0.418 bits per heavy atom. The molecular weight excluding hydrogens is 1190 g/mol. The molecule has 21 aromatic rings. The Bertz CT molecular complexity index is 6810. The predicted octanol–water partition coefficient (Wildman–Crippen LogP) is 25.4. The van der Waals surface area contributed by atoms with Gasteiger partial charge in [0.2, 0.25) is 0 Å². The molecule has 98 heavy (non-hydrogen) atoms. The van der Waals surface area contributed by atoms with E-state index in [1.807, 2.05) is 0 Å². The lowest BCUT2D eigenvalue weighted by Gasteiger charge is -2.11. The topological polar surface area (TPSA) is 19.7 Å². The van der Waals surface area contributed by atoms with Gasteiger partial charge in [-0.25, -0.2) is 0 Å². The number of rotatable bonds is 7. The minimum Gasteiger partial charge on any atom is -0.309 e. The maximum absolute atomic E-state index is 2.43. The zero-order valence-electron chi connectivity index (χ0n) is 53.4. The van der Waals surface area contributed by atoms with Gasteiger partial charge in [0.05, 0.1) is 44.1 Å². The Morgan fingerprint density at radius 1 is 0.133 bits per heavy atom. The number of hydrogen-bond acceptors (Lipinski definition) is 0. The smallest absolute Gasteiger partial charge is 0.0548 e. The summed E-state index contributed by atoms with van der Waals surface area (Å²) in [4.78, 5) is 0. The second kappa shape index (κ2) is 22.3. The number of benzene rings is 17. The molecule has 4 heteroatoms. The summed E-state index contributed by atoms with van der Waals surface area (Å²) < 4.78 is 9.68. The zero-order valence-corrected chi connectivity index (χ0v) is 53.4. The Hall–Kier alpha value is -13.0. The van der Waals surface area contributed by atoms with Crippen LogP contribution in [0.4, 0.5) is 0 Å². The van der Waals surface area contributed by atoms with E-state index in [2.05, 4.69) is 382 Å². The third-order valence-electron chi connectivity index (χ3n) is 20.5. The lowest BCUT2D eigenvalue weighted by molar-refractivity contribution is 1.17. The Labute approximate surface area is 565 Å². The Morgan fingerprint density at radius 3 is 0.888 bits per heavy atom. The predicted molar refractivity (Wildman–Crippen MR) is 417 cm³/mol. The molecule has 17 aromatic carbocycles. The van der Waals surface area contributed by atoms with Crippen LogP contribution < -0.4 is 0 Å². The van der Waals surface area contributed by atoms with Crippen LogP contribution in [0.2, 0.25) is 0 Å². The fourth-order valence-corrected chi connectivity index (χ4v) is 15.9. The molecule has 0 saturated heterocycles.